The van der Waals surface area contributed by atoms with Gasteiger partial charge in [-0.05, 0) is 36.9 Å². The normalized spacial score (nSPS) is 12.4. The van der Waals surface area contributed by atoms with Crippen molar-refractivity contribution in [1.29, 1.82) is 0 Å². The Morgan fingerprint density at radius 3 is 2.71 bits per heavy atom. The van der Waals surface area contributed by atoms with Gasteiger partial charge in [0.15, 0.2) is 11.5 Å². The average molecular weight is 398 g/mol. The lowest BCUT2D eigenvalue weighted by Crippen LogP contribution is -2.17. The molecule has 7 heteroatoms. The van der Waals surface area contributed by atoms with E-state index in [1.165, 1.54) is 5.56 Å². The van der Waals surface area contributed by atoms with Crippen LogP contribution in [0.5, 0.6) is 23.0 Å². The Hall–Kier alpha value is -2.77. The van der Waals surface area contributed by atoms with Gasteiger partial charge in [-0.3, -0.25) is 4.90 Å². The van der Waals surface area contributed by atoms with Crippen LogP contribution in [-0.4, -0.2) is 37.9 Å². The van der Waals surface area contributed by atoms with E-state index in [4.69, 9.17) is 23.9 Å². The van der Waals surface area contributed by atoms with Crippen LogP contribution in [-0.2, 0) is 13.1 Å². The third-order valence-electron chi connectivity index (χ3n) is 4.51. The molecule has 2 aromatic carbocycles. The van der Waals surface area contributed by atoms with Crippen molar-refractivity contribution >= 4 is 11.3 Å². The van der Waals surface area contributed by atoms with Crippen LogP contribution in [0.3, 0.4) is 0 Å². The lowest BCUT2D eigenvalue weighted by molar-refractivity contribution is 0.174. The Morgan fingerprint density at radius 1 is 1.04 bits per heavy atom. The Bertz CT molecular complexity index is 973. The van der Waals surface area contributed by atoms with Crippen LogP contribution < -0.4 is 18.9 Å². The van der Waals surface area contributed by atoms with Crippen molar-refractivity contribution < 1.29 is 18.9 Å². The number of methoxy groups -OCH3 is 2. The monoisotopic (exact) mass is 398 g/mol. The van der Waals surface area contributed by atoms with E-state index in [1.54, 1.807) is 25.6 Å². The van der Waals surface area contributed by atoms with Crippen LogP contribution in [0.4, 0.5) is 0 Å². The van der Waals surface area contributed by atoms with Gasteiger partial charge in [0.05, 0.1) is 25.5 Å². The second kappa shape index (κ2) is 8.08. The topological polar surface area (TPSA) is 53.1 Å². The number of ether oxygens (including phenoxy) is 4. The molecule has 6 nitrogen and oxygen atoms in total. The lowest BCUT2D eigenvalue weighted by Gasteiger charge is -2.15. The molecule has 0 unspecified atom stereocenters. The third-order valence-corrected chi connectivity index (χ3v) is 5.44. The number of hydrogen-bond acceptors (Lipinski definition) is 7. The molecule has 1 aliphatic rings. The van der Waals surface area contributed by atoms with Gasteiger partial charge >= 0.3 is 0 Å². The predicted molar refractivity (Wildman–Crippen MR) is 108 cm³/mol. The molecule has 0 N–H and O–H groups in total. The van der Waals surface area contributed by atoms with E-state index in [2.05, 4.69) is 23.4 Å². The highest BCUT2D eigenvalue weighted by Crippen LogP contribution is 2.35. The zero-order chi connectivity index (χ0) is 19.5. The van der Waals surface area contributed by atoms with Gasteiger partial charge in [0.1, 0.15) is 16.5 Å². The third kappa shape index (κ3) is 3.90. The SMILES string of the molecule is COc1ccc(-c2nc(CN(C)Cc3ccc4c(c3)OCO4)cs2)c(OC)c1. The van der Waals surface area contributed by atoms with E-state index in [0.29, 0.717) is 6.79 Å². The molecule has 0 saturated heterocycles. The fraction of sp³-hybridized carbons (Fsp3) is 0.286. The largest absolute Gasteiger partial charge is 0.497 e. The van der Waals surface area contributed by atoms with Crippen molar-refractivity contribution in [2.24, 2.45) is 0 Å². The number of fused-ring (bicyclic) bond motifs is 1. The van der Waals surface area contributed by atoms with Crippen molar-refractivity contribution in [3.63, 3.8) is 0 Å². The quantitative estimate of drug-likeness (QED) is 0.595. The molecule has 0 saturated carbocycles. The standard InChI is InChI=1S/C21H22N2O4S/c1-23(10-14-4-7-18-20(8-14)27-13-26-18)11-15-12-28-21(22-15)17-6-5-16(24-2)9-19(17)25-3/h4-9,12H,10-11,13H2,1-3H3. The molecule has 146 valence electrons. The Morgan fingerprint density at radius 2 is 1.89 bits per heavy atom. The number of benzene rings is 2. The number of aromatic nitrogens is 1. The van der Waals surface area contributed by atoms with Crippen LogP contribution >= 0.6 is 11.3 Å². The minimum absolute atomic E-state index is 0.297. The van der Waals surface area contributed by atoms with E-state index in [9.17, 15) is 0 Å². The highest BCUT2D eigenvalue weighted by molar-refractivity contribution is 7.13. The molecule has 2 heterocycles. The van der Waals surface area contributed by atoms with E-state index in [1.807, 2.05) is 30.3 Å². The number of rotatable bonds is 7. The first-order valence-corrected chi connectivity index (χ1v) is 9.78. The molecule has 0 atom stereocenters. The maximum Gasteiger partial charge on any atom is 0.231 e. The summed E-state index contributed by atoms with van der Waals surface area (Å²) in [6, 6.07) is 11.8. The smallest absolute Gasteiger partial charge is 0.231 e. The van der Waals surface area contributed by atoms with Gasteiger partial charge in [0, 0.05) is 24.5 Å². The minimum atomic E-state index is 0.297. The summed E-state index contributed by atoms with van der Waals surface area (Å²) in [6.45, 7) is 1.85. The fourth-order valence-corrected chi connectivity index (χ4v) is 4.00. The van der Waals surface area contributed by atoms with Crippen LogP contribution in [0.25, 0.3) is 10.6 Å². The summed E-state index contributed by atoms with van der Waals surface area (Å²) in [5.41, 5.74) is 3.18. The highest BCUT2D eigenvalue weighted by Gasteiger charge is 2.15. The van der Waals surface area contributed by atoms with E-state index in [-0.39, 0.29) is 0 Å². The lowest BCUT2D eigenvalue weighted by atomic mass is 10.2. The molecule has 0 bridgehead atoms. The molecule has 0 amide bonds. The summed E-state index contributed by atoms with van der Waals surface area (Å²) < 4.78 is 21.6. The second-order valence-electron chi connectivity index (χ2n) is 6.57. The number of nitrogens with zero attached hydrogens (tertiary/aromatic N) is 2. The van der Waals surface area contributed by atoms with Crippen molar-refractivity contribution in [3.8, 4) is 33.6 Å². The highest BCUT2D eigenvalue weighted by atomic mass is 32.1. The minimum Gasteiger partial charge on any atom is -0.497 e. The first-order valence-electron chi connectivity index (χ1n) is 8.90. The zero-order valence-electron chi connectivity index (χ0n) is 16.1. The van der Waals surface area contributed by atoms with Crippen molar-refractivity contribution in [3.05, 3.63) is 53.0 Å². The van der Waals surface area contributed by atoms with Gasteiger partial charge in [-0.25, -0.2) is 4.98 Å². The average Bonchev–Trinajstić information content (AvgIpc) is 3.36. The van der Waals surface area contributed by atoms with Gasteiger partial charge in [-0.2, -0.15) is 0 Å². The summed E-state index contributed by atoms with van der Waals surface area (Å²) in [5, 5.41) is 3.03. The van der Waals surface area contributed by atoms with Crippen LogP contribution in [0.2, 0.25) is 0 Å². The molecule has 0 fully saturated rings. The molecule has 1 aliphatic heterocycles. The Balaban J connectivity index is 1.44. The number of thiazole rings is 1. The van der Waals surface area contributed by atoms with Gasteiger partial charge in [-0.15, -0.1) is 11.3 Å². The Kier molecular flexibility index (Phi) is 5.36. The van der Waals surface area contributed by atoms with Crippen molar-refractivity contribution in [1.82, 2.24) is 9.88 Å². The summed E-state index contributed by atoms with van der Waals surface area (Å²) >= 11 is 1.62. The molecule has 28 heavy (non-hydrogen) atoms. The number of hydrogen-bond donors (Lipinski definition) is 0. The van der Waals surface area contributed by atoms with E-state index in [0.717, 1.165) is 52.4 Å². The second-order valence-corrected chi connectivity index (χ2v) is 7.43. The molecule has 4 rings (SSSR count). The van der Waals surface area contributed by atoms with Gasteiger partial charge in [-0.1, -0.05) is 6.07 Å². The molecular weight excluding hydrogens is 376 g/mol. The van der Waals surface area contributed by atoms with Crippen LogP contribution in [0.15, 0.2) is 41.8 Å². The molecule has 0 aliphatic carbocycles. The van der Waals surface area contributed by atoms with Gasteiger partial charge in [0.25, 0.3) is 0 Å². The maximum absolute atomic E-state index is 5.50. The van der Waals surface area contributed by atoms with Crippen molar-refractivity contribution in [2.45, 2.75) is 13.1 Å². The maximum atomic E-state index is 5.50. The van der Waals surface area contributed by atoms with Gasteiger partial charge < -0.3 is 18.9 Å². The summed E-state index contributed by atoms with van der Waals surface area (Å²) in [4.78, 5) is 7.02. The summed E-state index contributed by atoms with van der Waals surface area (Å²) in [7, 11) is 5.38. The molecule has 1 aromatic heterocycles. The molecule has 0 spiro atoms. The van der Waals surface area contributed by atoms with E-state index < -0.39 is 0 Å². The summed E-state index contributed by atoms with van der Waals surface area (Å²) in [5.74, 6) is 3.15. The molecular formula is C21H22N2O4S. The molecule has 0 radical (unpaired) electrons. The zero-order valence-corrected chi connectivity index (χ0v) is 16.9. The van der Waals surface area contributed by atoms with Gasteiger partial charge in [0.2, 0.25) is 6.79 Å². The molecule has 3 aromatic rings. The van der Waals surface area contributed by atoms with Crippen molar-refractivity contribution in [2.75, 3.05) is 28.1 Å². The van der Waals surface area contributed by atoms with Crippen LogP contribution in [0, 0.1) is 0 Å². The fourth-order valence-electron chi connectivity index (χ4n) is 3.16. The predicted octanol–water partition coefficient (Wildman–Crippen LogP) is 4.19. The first kappa shape index (κ1) is 18.6. The first-order chi connectivity index (χ1) is 13.7. The van der Waals surface area contributed by atoms with Crippen LogP contribution in [0.1, 0.15) is 11.3 Å². The van der Waals surface area contributed by atoms with E-state index >= 15 is 0 Å². The summed E-state index contributed by atoms with van der Waals surface area (Å²) in [6.07, 6.45) is 0. The Labute approximate surface area is 168 Å².